The van der Waals surface area contributed by atoms with Gasteiger partial charge >= 0.3 is 5.97 Å². The third-order valence-corrected chi connectivity index (χ3v) is 4.29. The summed E-state index contributed by atoms with van der Waals surface area (Å²) in [5, 5.41) is 0.498. The second kappa shape index (κ2) is 6.66. The van der Waals surface area contributed by atoms with Crippen LogP contribution in [0, 0.1) is 0 Å². The first-order valence-corrected chi connectivity index (χ1v) is 7.25. The summed E-state index contributed by atoms with van der Waals surface area (Å²) in [4.78, 5) is 12.1. The molecule has 2 unspecified atom stereocenters. The quantitative estimate of drug-likeness (QED) is 0.682. The topological polar surface area (TPSA) is 61.5 Å². The molecule has 2 N–H and O–H groups in total. The molecular weight excluding hydrogens is 301 g/mol. The minimum atomic E-state index is -0.433. The Morgan fingerprint density at radius 1 is 1.30 bits per heavy atom. The molecule has 0 amide bonds. The maximum Gasteiger partial charge on any atom is 0.338 e. The first kappa shape index (κ1) is 15.4. The number of ether oxygens (including phenoxy) is 2. The van der Waals surface area contributed by atoms with Gasteiger partial charge in [-0.2, -0.15) is 0 Å². The van der Waals surface area contributed by atoms with Gasteiger partial charge in [-0.1, -0.05) is 23.2 Å². The Kier molecular flexibility index (Phi) is 5.13. The number of benzene rings is 1. The minimum Gasteiger partial charge on any atom is -0.459 e. The maximum atomic E-state index is 12.1. The molecule has 0 aliphatic heterocycles. The molecule has 0 spiro atoms. The van der Waals surface area contributed by atoms with Crippen molar-refractivity contribution < 1.29 is 14.3 Å². The number of anilines is 1. The second-order valence-electron chi connectivity index (χ2n) is 4.91. The molecule has 2 rings (SSSR count). The molecule has 0 radical (unpaired) electrons. The Hall–Kier alpha value is -0.970. The molecule has 20 heavy (non-hydrogen) atoms. The number of halogens is 2. The van der Waals surface area contributed by atoms with Gasteiger partial charge in [0.15, 0.2) is 0 Å². The first-order valence-electron chi connectivity index (χ1n) is 6.49. The van der Waals surface area contributed by atoms with Gasteiger partial charge in [0.2, 0.25) is 0 Å². The largest absolute Gasteiger partial charge is 0.459 e. The summed E-state index contributed by atoms with van der Waals surface area (Å²) < 4.78 is 10.8. The van der Waals surface area contributed by atoms with E-state index in [2.05, 4.69) is 0 Å². The Morgan fingerprint density at radius 3 is 2.65 bits per heavy atom. The van der Waals surface area contributed by atoms with Gasteiger partial charge in [0, 0.05) is 13.5 Å². The molecule has 110 valence electrons. The standard InChI is InChI=1S/C14H17Cl2NO3/c1-19-9-3-2-4-10(7-9)20-14(18)8-5-11(15)13(16)12(17)6-8/h5-6,9-10H,2-4,7,17H2,1H3. The van der Waals surface area contributed by atoms with Crippen LogP contribution in [0.4, 0.5) is 5.69 Å². The van der Waals surface area contributed by atoms with E-state index in [0.29, 0.717) is 5.56 Å². The van der Waals surface area contributed by atoms with Gasteiger partial charge < -0.3 is 15.2 Å². The Morgan fingerprint density at radius 2 is 2.00 bits per heavy atom. The molecule has 1 aromatic carbocycles. The Balaban J connectivity index is 2.05. The Bertz CT molecular complexity index is 484. The van der Waals surface area contributed by atoms with Crippen molar-refractivity contribution in [2.45, 2.75) is 37.9 Å². The molecule has 4 nitrogen and oxygen atoms in total. The van der Waals surface area contributed by atoms with Crippen LogP contribution in [0.3, 0.4) is 0 Å². The lowest BCUT2D eigenvalue weighted by Gasteiger charge is -2.27. The van der Waals surface area contributed by atoms with Crippen molar-refractivity contribution in [1.82, 2.24) is 0 Å². The Labute approximate surface area is 128 Å². The number of hydrogen-bond donors (Lipinski definition) is 1. The van der Waals surface area contributed by atoms with E-state index >= 15 is 0 Å². The molecule has 1 aromatic rings. The van der Waals surface area contributed by atoms with Gasteiger partial charge in [-0.3, -0.25) is 0 Å². The van der Waals surface area contributed by atoms with E-state index in [4.69, 9.17) is 38.4 Å². The van der Waals surface area contributed by atoms with Gasteiger partial charge in [0.1, 0.15) is 6.10 Å². The number of nitrogen functional groups attached to an aromatic ring is 1. The van der Waals surface area contributed by atoms with Crippen molar-refractivity contribution in [2.75, 3.05) is 12.8 Å². The molecule has 0 saturated heterocycles. The molecule has 1 saturated carbocycles. The van der Waals surface area contributed by atoms with Gasteiger partial charge in [0.25, 0.3) is 0 Å². The predicted molar refractivity (Wildman–Crippen MR) is 79.3 cm³/mol. The van der Waals surface area contributed by atoms with E-state index in [0.717, 1.165) is 25.7 Å². The van der Waals surface area contributed by atoms with E-state index < -0.39 is 5.97 Å². The summed E-state index contributed by atoms with van der Waals surface area (Å²) in [6, 6.07) is 2.95. The maximum absolute atomic E-state index is 12.1. The van der Waals surface area contributed by atoms with Gasteiger partial charge in [-0.05, 0) is 31.4 Å². The SMILES string of the molecule is COC1CCCC(OC(=O)c2cc(N)c(Cl)c(Cl)c2)C1. The molecule has 2 atom stereocenters. The van der Waals surface area contributed by atoms with Crippen molar-refractivity contribution in [3.8, 4) is 0 Å². The molecule has 1 fully saturated rings. The van der Waals surface area contributed by atoms with Crippen molar-refractivity contribution in [2.24, 2.45) is 0 Å². The van der Waals surface area contributed by atoms with Crippen molar-refractivity contribution in [3.05, 3.63) is 27.7 Å². The highest BCUT2D eigenvalue weighted by Gasteiger charge is 2.25. The van der Waals surface area contributed by atoms with Crippen LogP contribution >= 0.6 is 23.2 Å². The second-order valence-corrected chi connectivity index (χ2v) is 5.70. The van der Waals surface area contributed by atoms with Crippen LogP contribution in [0.25, 0.3) is 0 Å². The molecule has 0 bridgehead atoms. The molecule has 0 heterocycles. The van der Waals surface area contributed by atoms with E-state index in [1.807, 2.05) is 0 Å². The summed E-state index contributed by atoms with van der Waals surface area (Å²) in [6.07, 6.45) is 3.59. The minimum absolute atomic E-state index is 0.128. The molecular formula is C14H17Cl2NO3. The highest BCUT2D eigenvalue weighted by Crippen LogP contribution is 2.30. The smallest absolute Gasteiger partial charge is 0.338 e. The van der Waals surface area contributed by atoms with E-state index in [1.165, 1.54) is 12.1 Å². The molecule has 1 aliphatic rings. The lowest BCUT2D eigenvalue weighted by atomic mass is 9.95. The zero-order chi connectivity index (χ0) is 14.7. The van der Waals surface area contributed by atoms with Crippen LogP contribution in [0.15, 0.2) is 12.1 Å². The zero-order valence-electron chi connectivity index (χ0n) is 11.2. The number of rotatable bonds is 3. The van der Waals surface area contributed by atoms with Crippen LogP contribution in [0.2, 0.25) is 10.0 Å². The van der Waals surface area contributed by atoms with Crippen LogP contribution in [-0.2, 0) is 9.47 Å². The van der Waals surface area contributed by atoms with Crippen LogP contribution in [-0.4, -0.2) is 25.3 Å². The van der Waals surface area contributed by atoms with Crippen LogP contribution < -0.4 is 5.73 Å². The van der Waals surface area contributed by atoms with E-state index in [1.54, 1.807) is 7.11 Å². The fourth-order valence-electron chi connectivity index (χ4n) is 2.37. The fourth-order valence-corrected chi connectivity index (χ4v) is 2.71. The normalized spacial score (nSPS) is 22.6. The first-order chi connectivity index (χ1) is 9.51. The van der Waals surface area contributed by atoms with E-state index in [-0.39, 0.29) is 27.9 Å². The molecule has 6 heteroatoms. The number of esters is 1. The summed E-state index contributed by atoms with van der Waals surface area (Å²) in [6.45, 7) is 0. The predicted octanol–water partition coefficient (Wildman–Crippen LogP) is 3.69. The number of carbonyl (C=O) groups is 1. The van der Waals surface area contributed by atoms with Crippen LogP contribution in [0.1, 0.15) is 36.0 Å². The molecule has 0 aromatic heterocycles. The van der Waals surface area contributed by atoms with Crippen molar-refractivity contribution in [1.29, 1.82) is 0 Å². The van der Waals surface area contributed by atoms with Crippen LogP contribution in [0.5, 0.6) is 0 Å². The van der Waals surface area contributed by atoms with Gasteiger partial charge in [0.05, 0.1) is 27.4 Å². The fraction of sp³-hybridized carbons (Fsp3) is 0.500. The third-order valence-electron chi connectivity index (χ3n) is 3.48. The number of nitrogens with two attached hydrogens (primary N) is 1. The summed E-state index contributed by atoms with van der Waals surface area (Å²) in [5.74, 6) is -0.433. The monoisotopic (exact) mass is 317 g/mol. The van der Waals surface area contributed by atoms with Crippen molar-refractivity contribution >= 4 is 34.9 Å². The highest BCUT2D eigenvalue weighted by atomic mass is 35.5. The lowest BCUT2D eigenvalue weighted by Crippen LogP contribution is -2.29. The third kappa shape index (κ3) is 3.57. The van der Waals surface area contributed by atoms with Gasteiger partial charge in [-0.25, -0.2) is 4.79 Å². The summed E-state index contributed by atoms with van der Waals surface area (Å²) in [5.41, 5.74) is 6.28. The zero-order valence-corrected chi connectivity index (χ0v) is 12.7. The van der Waals surface area contributed by atoms with Gasteiger partial charge in [-0.15, -0.1) is 0 Å². The van der Waals surface area contributed by atoms with Crippen molar-refractivity contribution in [3.63, 3.8) is 0 Å². The lowest BCUT2D eigenvalue weighted by molar-refractivity contribution is -0.0149. The number of methoxy groups -OCH3 is 1. The highest BCUT2D eigenvalue weighted by molar-refractivity contribution is 6.43. The number of hydrogen-bond acceptors (Lipinski definition) is 4. The summed E-state index contributed by atoms with van der Waals surface area (Å²) >= 11 is 11.8. The summed E-state index contributed by atoms with van der Waals surface area (Å²) in [7, 11) is 1.68. The average Bonchev–Trinajstić information content (AvgIpc) is 2.44. The average molecular weight is 318 g/mol. The van der Waals surface area contributed by atoms with E-state index in [9.17, 15) is 4.79 Å². The molecule has 1 aliphatic carbocycles. The number of carbonyl (C=O) groups excluding carboxylic acids is 1.